The molecule has 192 valence electrons. The molecular formula is C27H26FN3O4S2. The van der Waals surface area contributed by atoms with Gasteiger partial charge in [0, 0.05) is 31.3 Å². The van der Waals surface area contributed by atoms with Crippen LogP contribution in [0.4, 0.5) is 4.39 Å². The fourth-order valence-corrected chi connectivity index (χ4v) is 4.74. The number of thioether (sulfide) groups is 1. The Morgan fingerprint density at radius 3 is 2.51 bits per heavy atom. The van der Waals surface area contributed by atoms with Crippen molar-refractivity contribution in [3.8, 4) is 0 Å². The summed E-state index contributed by atoms with van der Waals surface area (Å²) >= 11 is 6.83. The maximum atomic E-state index is 13.9. The molecule has 10 heteroatoms. The van der Waals surface area contributed by atoms with Gasteiger partial charge in [0.1, 0.15) is 21.6 Å². The molecule has 0 atom stereocenters. The van der Waals surface area contributed by atoms with Gasteiger partial charge in [-0.2, -0.15) is 0 Å². The van der Waals surface area contributed by atoms with E-state index in [0.717, 1.165) is 13.1 Å². The molecule has 1 fully saturated rings. The van der Waals surface area contributed by atoms with E-state index in [9.17, 15) is 14.0 Å². The Hall–Kier alpha value is -3.47. The van der Waals surface area contributed by atoms with Crippen molar-refractivity contribution in [2.24, 2.45) is 0 Å². The third-order valence-corrected chi connectivity index (χ3v) is 6.87. The van der Waals surface area contributed by atoms with Crippen molar-refractivity contribution in [3.63, 3.8) is 0 Å². The molecule has 37 heavy (non-hydrogen) atoms. The van der Waals surface area contributed by atoms with Gasteiger partial charge < -0.3 is 24.7 Å². The van der Waals surface area contributed by atoms with Gasteiger partial charge in [-0.3, -0.25) is 9.59 Å². The zero-order valence-electron chi connectivity index (χ0n) is 19.9. The Labute approximate surface area is 224 Å². The molecule has 0 saturated carbocycles. The molecule has 1 aliphatic rings. The zero-order valence-corrected chi connectivity index (χ0v) is 21.6. The molecule has 1 saturated heterocycles. The van der Waals surface area contributed by atoms with Gasteiger partial charge in [0.05, 0.1) is 13.2 Å². The van der Waals surface area contributed by atoms with E-state index in [4.69, 9.17) is 21.4 Å². The van der Waals surface area contributed by atoms with Crippen molar-refractivity contribution < 1.29 is 23.1 Å². The summed E-state index contributed by atoms with van der Waals surface area (Å²) in [5.74, 6) is -0.916. The van der Waals surface area contributed by atoms with Crippen LogP contribution in [0.5, 0.6) is 0 Å². The highest BCUT2D eigenvalue weighted by atomic mass is 32.2. The van der Waals surface area contributed by atoms with Gasteiger partial charge in [-0.1, -0.05) is 48.6 Å². The first-order chi connectivity index (χ1) is 18.0. The van der Waals surface area contributed by atoms with Crippen LogP contribution in [0.2, 0.25) is 0 Å². The molecular weight excluding hydrogens is 513 g/mol. The van der Waals surface area contributed by atoms with Crippen molar-refractivity contribution in [3.05, 3.63) is 95.1 Å². The van der Waals surface area contributed by atoms with E-state index < -0.39 is 11.8 Å². The molecule has 0 radical (unpaired) electrons. The Kier molecular flexibility index (Phi) is 9.47. The van der Waals surface area contributed by atoms with Crippen LogP contribution in [-0.2, 0) is 16.0 Å². The van der Waals surface area contributed by atoms with Crippen LogP contribution in [-0.4, -0.2) is 53.9 Å². The first-order valence-corrected chi connectivity index (χ1v) is 13.0. The largest absolute Gasteiger partial charge is 0.450 e. The number of carbonyl (C=O) groups excluding carboxylic acids is 2. The number of ether oxygens (including phenoxy) is 1. The van der Waals surface area contributed by atoms with Crippen LogP contribution in [0, 0.1) is 5.82 Å². The quantitative estimate of drug-likeness (QED) is 0.252. The predicted molar refractivity (Wildman–Crippen MR) is 145 cm³/mol. The second-order valence-electron chi connectivity index (χ2n) is 8.10. The van der Waals surface area contributed by atoms with E-state index in [1.54, 1.807) is 60.7 Å². The number of morpholine rings is 1. The highest BCUT2D eigenvalue weighted by Crippen LogP contribution is 2.25. The number of thiocarbonyl (C=S) groups is 1. The van der Waals surface area contributed by atoms with E-state index in [1.807, 2.05) is 0 Å². The number of carbonyl (C=O) groups is 2. The standard InChI is InChI=1S/C27H26FN3O4S2/c28-22-9-5-4-6-19(22)12-13-29-26(33)23(30-25(32)20-7-2-1-3-8-20)18-21-10-11-24(35-21)37-27(36)31-14-16-34-17-15-31/h1-11,18H,12-17H2,(H,29,33)(H,30,32)/b23-18-. The van der Waals surface area contributed by atoms with Crippen LogP contribution < -0.4 is 10.6 Å². The lowest BCUT2D eigenvalue weighted by Crippen LogP contribution is -2.38. The second-order valence-corrected chi connectivity index (χ2v) is 9.74. The maximum absolute atomic E-state index is 13.9. The average molecular weight is 540 g/mol. The van der Waals surface area contributed by atoms with Crippen molar-refractivity contribution in [2.75, 3.05) is 32.8 Å². The van der Waals surface area contributed by atoms with Crippen molar-refractivity contribution in [1.82, 2.24) is 15.5 Å². The number of benzene rings is 2. The van der Waals surface area contributed by atoms with Gasteiger partial charge in [-0.25, -0.2) is 4.39 Å². The number of rotatable bonds is 8. The lowest BCUT2D eigenvalue weighted by molar-refractivity contribution is -0.117. The molecule has 0 unspecified atom stereocenters. The summed E-state index contributed by atoms with van der Waals surface area (Å²) in [5, 5.41) is 5.97. The molecule has 2 amide bonds. The number of nitrogens with zero attached hydrogens (tertiary/aromatic N) is 1. The highest BCUT2D eigenvalue weighted by molar-refractivity contribution is 8.22. The summed E-state index contributed by atoms with van der Waals surface area (Å²) in [4.78, 5) is 27.8. The van der Waals surface area contributed by atoms with E-state index >= 15 is 0 Å². The summed E-state index contributed by atoms with van der Waals surface area (Å²) in [6, 6.07) is 18.4. The smallest absolute Gasteiger partial charge is 0.267 e. The molecule has 0 bridgehead atoms. The number of amides is 2. The van der Waals surface area contributed by atoms with E-state index in [0.29, 0.717) is 45.9 Å². The zero-order chi connectivity index (χ0) is 26.0. The van der Waals surface area contributed by atoms with Crippen LogP contribution >= 0.6 is 24.0 Å². The molecule has 0 aliphatic carbocycles. The van der Waals surface area contributed by atoms with Crippen molar-refractivity contribution >= 4 is 46.2 Å². The second kappa shape index (κ2) is 13.2. The Bertz CT molecular complexity index is 1270. The van der Waals surface area contributed by atoms with E-state index in [2.05, 4.69) is 15.5 Å². The van der Waals surface area contributed by atoms with Gasteiger partial charge in [-0.15, -0.1) is 0 Å². The molecule has 1 aromatic heterocycles. The number of halogens is 1. The maximum Gasteiger partial charge on any atom is 0.267 e. The fourth-order valence-electron chi connectivity index (χ4n) is 3.56. The monoisotopic (exact) mass is 539 g/mol. The molecule has 7 nitrogen and oxygen atoms in total. The number of furan rings is 1. The SMILES string of the molecule is O=C(NCCc1ccccc1F)/C(=C/c1ccc(SC(=S)N2CCOCC2)o1)NC(=O)c1ccccc1. The molecule has 2 aromatic carbocycles. The lowest BCUT2D eigenvalue weighted by Gasteiger charge is -2.28. The van der Waals surface area contributed by atoms with Crippen LogP contribution in [0.25, 0.3) is 6.08 Å². The van der Waals surface area contributed by atoms with Crippen molar-refractivity contribution in [1.29, 1.82) is 0 Å². The molecule has 4 rings (SSSR count). The van der Waals surface area contributed by atoms with E-state index in [1.165, 1.54) is 23.9 Å². The van der Waals surface area contributed by atoms with Gasteiger partial charge in [0.15, 0.2) is 5.09 Å². The summed E-state index contributed by atoms with van der Waals surface area (Å²) in [5.41, 5.74) is 0.897. The normalized spacial score (nSPS) is 13.8. The predicted octanol–water partition coefficient (Wildman–Crippen LogP) is 4.26. The fraction of sp³-hybridized carbons (Fsp3) is 0.222. The molecule has 2 N–H and O–H groups in total. The summed E-state index contributed by atoms with van der Waals surface area (Å²) < 4.78 is 25.8. The third-order valence-electron chi connectivity index (χ3n) is 5.51. The molecule has 0 spiro atoms. The minimum atomic E-state index is -0.518. The van der Waals surface area contributed by atoms with Crippen LogP contribution in [0.15, 0.2) is 81.9 Å². The number of hydrogen-bond donors (Lipinski definition) is 2. The molecule has 2 heterocycles. The summed E-state index contributed by atoms with van der Waals surface area (Å²) in [7, 11) is 0. The Morgan fingerprint density at radius 1 is 1.03 bits per heavy atom. The highest BCUT2D eigenvalue weighted by Gasteiger charge is 2.18. The first-order valence-electron chi connectivity index (χ1n) is 11.7. The van der Waals surface area contributed by atoms with Gasteiger partial charge in [-0.05, 0) is 54.1 Å². The van der Waals surface area contributed by atoms with E-state index in [-0.39, 0.29) is 18.1 Å². The van der Waals surface area contributed by atoms with Crippen LogP contribution in [0.1, 0.15) is 21.7 Å². The number of nitrogens with one attached hydrogen (secondary N) is 2. The summed E-state index contributed by atoms with van der Waals surface area (Å²) in [6.45, 7) is 2.89. The summed E-state index contributed by atoms with van der Waals surface area (Å²) in [6.07, 6.45) is 1.76. The topological polar surface area (TPSA) is 83.8 Å². The number of hydrogen-bond acceptors (Lipinski definition) is 6. The average Bonchev–Trinajstić information content (AvgIpc) is 3.36. The van der Waals surface area contributed by atoms with Gasteiger partial charge in [0.2, 0.25) is 0 Å². The Morgan fingerprint density at radius 2 is 1.76 bits per heavy atom. The third kappa shape index (κ3) is 7.75. The Balaban J connectivity index is 1.46. The lowest BCUT2D eigenvalue weighted by atomic mass is 10.1. The minimum Gasteiger partial charge on any atom is -0.450 e. The van der Waals surface area contributed by atoms with Gasteiger partial charge in [0.25, 0.3) is 11.8 Å². The molecule has 3 aromatic rings. The van der Waals surface area contributed by atoms with Crippen molar-refractivity contribution in [2.45, 2.75) is 11.5 Å². The minimum absolute atomic E-state index is 0.00374. The van der Waals surface area contributed by atoms with Gasteiger partial charge >= 0.3 is 0 Å². The van der Waals surface area contributed by atoms with Crippen LogP contribution in [0.3, 0.4) is 0 Å². The first kappa shape index (κ1) is 26.6. The molecule has 1 aliphatic heterocycles.